The molecule has 0 aliphatic carbocycles. The molecule has 128 valence electrons. The second-order valence-corrected chi connectivity index (χ2v) is 4.95. The zero-order valence-electron chi connectivity index (χ0n) is 14.0. The summed E-state index contributed by atoms with van der Waals surface area (Å²) in [4.78, 5) is 24.6. The van der Waals surface area contributed by atoms with Crippen LogP contribution in [0.1, 0.15) is 19.4 Å². The Hall–Kier alpha value is -3.33. The molecule has 1 N–H and O–H groups in total. The maximum absolute atomic E-state index is 12.3. The van der Waals surface area contributed by atoms with Gasteiger partial charge in [0.2, 0.25) is 0 Å². The van der Waals surface area contributed by atoms with Crippen molar-refractivity contribution in [3.63, 3.8) is 0 Å². The molecule has 0 unspecified atom stereocenters. The molecule has 0 spiro atoms. The molecular formula is C19H18N2O4. The van der Waals surface area contributed by atoms with E-state index in [4.69, 9.17) is 9.47 Å². The molecular weight excluding hydrogens is 320 g/mol. The first-order valence-corrected chi connectivity index (χ1v) is 7.85. The number of rotatable bonds is 5. The number of nitrogens with one attached hydrogen (secondary N) is 1. The third kappa shape index (κ3) is 4.15. The number of carbonyl (C=O) groups is 2. The molecule has 2 rings (SSSR count). The van der Waals surface area contributed by atoms with Gasteiger partial charge in [-0.05, 0) is 31.6 Å². The molecule has 0 fully saturated rings. The standard InChI is InChI=1S/C19H18N2O4/c1-3-24-18(22)16(19(23)25-4-2)17-14(12-20)10-11-15(21-17)13-8-6-5-7-9-13/h5-11,21H,3-4H2,1-2H3. The van der Waals surface area contributed by atoms with Gasteiger partial charge in [0.25, 0.3) is 0 Å². The molecule has 0 radical (unpaired) electrons. The Labute approximate surface area is 146 Å². The third-order valence-electron chi connectivity index (χ3n) is 3.36. The number of esters is 2. The lowest BCUT2D eigenvalue weighted by molar-refractivity contribution is -0.146. The summed E-state index contributed by atoms with van der Waals surface area (Å²) in [6, 6.07) is 11.3. The minimum Gasteiger partial charge on any atom is -0.462 e. The molecule has 6 heteroatoms. The lowest BCUT2D eigenvalue weighted by Gasteiger charge is -2.20. The topological polar surface area (TPSA) is 88.4 Å². The van der Waals surface area contributed by atoms with Gasteiger partial charge in [0.05, 0.1) is 24.5 Å². The van der Waals surface area contributed by atoms with Crippen molar-refractivity contribution in [1.29, 1.82) is 5.26 Å². The predicted molar refractivity (Wildman–Crippen MR) is 91.5 cm³/mol. The van der Waals surface area contributed by atoms with Gasteiger partial charge in [0.1, 0.15) is 6.07 Å². The number of nitrogens with zero attached hydrogens (tertiary/aromatic N) is 1. The zero-order chi connectivity index (χ0) is 18.2. The van der Waals surface area contributed by atoms with Crippen molar-refractivity contribution in [3.8, 4) is 6.07 Å². The van der Waals surface area contributed by atoms with Crippen molar-refractivity contribution >= 4 is 17.6 Å². The molecule has 0 atom stereocenters. The van der Waals surface area contributed by atoms with E-state index in [2.05, 4.69) is 5.32 Å². The number of ether oxygens (including phenoxy) is 2. The van der Waals surface area contributed by atoms with E-state index in [0.717, 1.165) is 5.56 Å². The number of dihydropyridines is 1. The highest BCUT2D eigenvalue weighted by Crippen LogP contribution is 2.24. The largest absolute Gasteiger partial charge is 0.462 e. The van der Waals surface area contributed by atoms with E-state index >= 15 is 0 Å². The van der Waals surface area contributed by atoms with Crippen LogP contribution in [0.5, 0.6) is 0 Å². The fourth-order valence-corrected chi connectivity index (χ4v) is 2.26. The summed E-state index contributed by atoms with van der Waals surface area (Å²) < 4.78 is 9.93. The van der Waals surface area contributed by atoms with E-state index < -0.39 is 11.9 Å². The number of hydrogen-bond donors (Lipinski definition) is 1. The zero-order valence-corrected chi connectivity index (χ0v) is 14.0. The normalized spacial score (nSPS) is 12.9. The molecule has 1 aromatic rings. The van der Waals surface area contributed by atoms with Crippen LogP contribution in [0.25, 0.3) is 5.70 Å². The number of hydrogen-bond acceptors (Lipinski definition) is 6. The van der Waals surface area contributed by atoms with Gasteiger partial charge in [-0.1, -0.05) is 30.3 Å². The van der Waals surface area contributed by atoms with Gasteiger partial charge >= 0.3 is 11.9 Å². The molecule has 1 aliphatic rings. The summed E-state index contributed by atoms with van der Waals surface area (Å²) in [5.74, 6) is -1.67. The van der Waals surface area contributed by atoms with Crippen LogP contribution >= 0.6 is 0 Å². The average molecular weight is 338 g/mol. The van der Waals surface area contributed by atoms with E-state index in [1.54, 1.807) is 26.0 Å². The summed E-state index contributed by atoms with van der Waals surface area (Å²) in [5, 5.41) is 12.4. The van der Waals surface area contributed by atoms with Crippen LogP contribution in [0.2, 0.25) is 0 Å². The molecule has 0 amide bonds. The van der Waals surface area contributed by atoms with Crippen molar-refractivity contribution in [1.82, 2.24) is 5.32 Å². The molecule has 1 heterocycles. The first kappa shape index (κ1) is 18.0. The smallest absolute Gasteiger partial charge is 0.347 e. The molecule has 0 saturated heterocycles. The molecule has 0 saturated carbocycles. The molecule has 25 heavy (non-hydrogen) atoms. The van der Waals surface area contributed by atoms with E-state index in [9.17, 15) is 14.9 Å². The summed E-state index contributed by atoms with van der Waals surface area (Å²) in [6.07, 6.45) is 3.26. The minimum atomic E-state index is -0.834. The molecule has 6 nitrogen and oxygen atoms in total. The highest BCUT2D eigenvalue weighted by atomic mass is 16.6. The first-order chi connectivity index (χ1) is 12.1. The molecule has 1 aliphatic heterocycles. The van der Waals surface area contributed by atoms with Crippen LogP contribution in [-0.2, 0) is 19.1 Å². The summed E-state index contributed by atoms with van der Waals surface area (Å²) in [6.45, 7) is 3.47. The lowest BCUT2D eigenvalue weighted by Crippen LogP contribution is -2.27. The monoisotopic (exact) mass is 338 g/mol. The quantitative estimate of drug-likeness (QED) is 0.384. The number of nitriles is 1. The fraction of sp³-hybridized carbons (Fsp3) is 0.211. The van der Waals surface area contributed by atoms with Crippen molar-refractivity contribution in [2.75, 3.05) is 13.2 Å². The molecule has 0 bridgehead atoms. The van der Waals surface area contributed by atoms with Crippen molar-refractivity contribution in [2.45, 2.75) is 13.8 Å². The van der Waals surface area contributed by atoms with Crippen LogP contribution in [0.4, 0.5) is 0 Å². The highest BCUT2D eigenvalue weighted by Gasteiger charge is 2.29. The van der Waals surface area contributed by atoms with Gasteiger partial charge in [-0.2, -0.15) is 5.26 Å². The van der Waals surface area contributed by atoms with E-state index in [1.807, 2.05) is 36.4 Å². The Balaban J connectivity index is 2.54. The fourth-order valence-electron chi connectivity index (χ4n) is 2.26. The summed E-state index contributed by atoms with van der Waals surface area (Å²) in [5.41, 5.74) is 1.41. The second kappa shape index (κ2) is 8.50. The Morgan fingerprint density at radius 2 is 1.64 bits per heavy atom. The first-order valence-electron chi connectivity index (χ1n) is 7.85. The SMILES string of the molecule is CCOC(=O)C(C(=O)OCC)=C1NC(c2ccccc2)=CC=C1C#N. The van der Waals surface area contributed by atoms with Crippen LogP contribution in [-0.4, -0.2) is 25.2 Å². The van der Waals surface area contributed by atoms with Crippen molar-refractivity contribution < 1.29 is 19.1 Å². The summed E-state index contributed by atoms with van der Waals surface area (Å²) in [7, 11) is 0. The van der Waals surface area contributed by atoms with Crippen molar-refractivity contribution in [2.24, 2.45) is 0 Å². The van der Waals surface area contributed by atoms with Gasteiger partial charge in [-0.25, -0.2) is 9.59 Å². The van der Waals surface area contributed by atoms with E-state index in [-0.39, 0.29) is 30.1 Å². The molecule has 0 aromatic heterocycles. The maximum Gasteiger partial charge on any atom is 0.347 e. The molecule has 1 aromatic carbocycles. The van der Waals surface area contributed by atoms with E-state index in [1.165, 1.54) is 0 Å². The van der Waals surface area contributed by atoms with Crippen LogP contribution in [0.3, 0.4) is 0 Å². The van der Waals surface area contributed by atoms with Crippen LogP contribution in [0.15, 0.2) is 59.3 Å². The average Bonchev–Trinajstić information content (AvgIpc) is 2.63. The third-order valence-corrected chi connectivity index (χ3v) is 3.36. The Bertz CT molecular complexity index is 778. The highest BCUT2D eigenvalue weighted by molar-refractivity contribution is 6.15. The number of allylic oxidation sites excluding steroid dienone is 3. The van der Waals surface area contributed by atoms with Crippen molar-refractivity contribution in [3.05, 3.63) is 64.9 Å². The Morgan fingerprint density at radius 1 is 1.04 bits per heavy atom. The summed E-state index contributed by atoms with van der Waals surface area (Å²) >= 11 is 0. The number of carbonyl (C=O) groups excluding carboxylic acids is 2. The van der Waals surface area contributed by atoms with Crippen LogP contribution < -0.4 is 5.32 Å². The Kier molecular flexibility index (Phi) is 6.13. The maximum atomic E-state index is 12.3. The predicted octanol–water partition coefficient (Wildman–Crippen LogP) is 2.46. The van der Waals surface area contributed by atoms with Gasteiger partial charge in [-0.3, -0.25) is 0 Å². The van der Waals surface area contributed by atoms with Gasteiger partial charge < -0.3 is 14.8 Å². The number of benzene rings is 1. The van der Waals surface area contributed by atoms with Gasteiger partial charge in [0, 0.05) is 5.70 Å². The van der Waals surface area contributed by atoms with E-state index in [0.29, 0.717) is 5.70 Å². The second-order valence-electron chi connectivity index (χ2n) is 4.95. The van der Waals surface area contributed by atoms with Crippen LogP contribution in [0, 0.1) is 11.3 Å². The van der Waals surface area contributed by atoms with Gasteiger partial charge in [-0.15, -0.1) is 0 Å². The lowest BCUT2D eigenvalue weighted by atomic mass is 10.0. The minimum absolute atomic E-state index is 0.0840. The Morgan fingerprint density at radius 3 is 2.16 bits per heavy atom. The van der Waals surface area contributed by atoms with Gasteiger partial charge in [0.15, 0.2) is 5.57 Å².